The summed E-state index contributed by atoms with van der Waals surface area (Å²) in [5, 5.41) is 11.1. The number of carbonyl (C=O) groups excluding carboxylic acids is 1. The summed E-state index contributed by atoms with van der Waals surface area (Å²) in [7, 11) is 0. The van der Waals surface area contributed by atoms with Crippen LogP contribution in [0.3, 0.4) is 0 Å². The molecule has 0 radical (unpaired) electrons. The fourth-order valence-corrected chi connectivity index (χ4v) is 3.20. The third-order valence-corrected chi connectivity index (χ3v) is 5.01. The minimum atomic E-state index is -4.38. The number of alkyl halides is 3. The van der Waals surface area contributed by atoms with Crippen molar-refractivity contribution in [1.82, 2.24) is 5.32 Å². The molecule has 0 unspecified atom stereocenters. The van der Waals surface area contributed by atoms with Gasteiger partial charge < -0.3 is 20.9 Å². The molecule has 0 aliphatic heterocycles. The zero-order valence-corrected chi connectivity index (χ0v) is 17.2. The molecule has 1 saturated carbocycles. The molecule has 5 nitrogen and oxygen atoms in total. The van der Waals surface area contributed by atoms with Crippen molar-refractivity contribution in [3.05, 3.63) is 71.8 Å². The van der Waals surface area contributed by atoms with Crippen molar-refractivity contribution in [3.8, 4) is 0 Å². The maximum Gasteiger partial charge on any atom is 0.406 e. The van der Waals surface area contributed by atoms with Crippen LogP contribution in [0.1, 0.15) is 41.6 Å². The van der Waals surface area contributed by atoms with Gasteiger partial charge in [-0.05, 0) is 43.4 Å². The Kier molecular flexibility index (Phi) is 9.97. The van der Waals surface area contributed by atoms with E-state index in [2.05, 4.69) is 5.32 Å². The Labute approximate surface area is 180 Å². The van der Waals surface area contributed by atoms with Gasteiger partial charge in [-0.25, -0.2) is 4.79 Å². The van der Waals surface area contributed by atoms with E-state index < -0.39 is 18.8 Å². The second-order valence-corrected chi connectivity index (χ2v) is 7.48. The summed E-state index contributed by atoms with van der Waals surface area (Å²) in [5.41, 5.74) is 7.22. The normalized spacial score (nSPS) is 19.6. The zero-order valence-electron chi connectivity index (χ0n) is 17.2. The largest absolute Gasteiger partial charge is 0.457 e. The van der Waals surface area contributed by atoms with Crippen LogP contribution in [0.4, 0.5) is 13.2 Å². The first-order valence-electron chi connectivity index (χ1n) is 10.2. The summed E-state index contributed by atoms with van der Waals surface area (Å²) in [6, 6.07) is 16.8. The number of hydrogen-bond acceptors (Lipinski definition) is 5. The van der Waals surface area contributed by atoms with Gasteiger partial charge in [-0.3, -0.25) is 0 Å². The van der Waals surface area contributed by atoms with Gasteiger partial charge in [0.15, 0.2) is 0 Å². The maximum atomic E-state index is 12.3. The molecular formula is C23H29F3N2O3. The Hall–Kier alpha value is -2.42. The molecule has 3 rings (SSSR count). The number of aliphatic hydroxyl groups is 1. The molecule has 1 aliphatic carbocycles. The van der Waals surface area contributed by atoms with Crippen LogP contribution in [0.2, 0.25) is 0 Å². The van der Waals surface area contributed by atoms with Crippen LogP contribution in [-0.4, -0.2) is 42.0 Å². The van der Waals surface area contributed by atoms with Gasteiger partial charge in [-0.2, -0.15) is 13.2 Å². The molecule has 0 aromatic heterocycles. The van der Waals surface area contributed by atoms with Crippen molar-refractivity contribution in [2.75, 3.05) is 6.61 Å². The lowest BCUT2D eigenvalue weighted by Crippen LogP contribution is -2.51. The summed E-state index contributed by atoms with van der Waals surface area (Å²) >= 11 is 0. The molecule has 31 heavy (non-hydrogen) atoms. The lowest BCUT2D eigenvalue weighted by atomic mass is 9.91. The number of carbonyl (C=O) groups is 1. The second kappa shape index (κ2) is 12.4. The third kappa shape index (κ3) is 9.08. The van der Waals surface area contributed by atoms with E-state index in [-0.39, 0.29) is 18.1 Å². The van der Waals surface area contributed by atoms with Gasteiger partial charge in [0.25, 0.3) is 0 Å². The standard InChI is InChI=1S/C14H12O2.C9H17F3N2O/c15-14(13-9-5-2-6-10-13)16-11-12-7-3-1-4-8-12;10-9(11,12)8(5-15)14-7-3-1-6(13)2-4-7/h1-10H,11H2;6-8,14-15H,1-5,13H2/t;6?,7?,8-/m.1/s1. The van der Waals surface area contributed by atoms with Gasteiger partial charge in [0.05, 0.1) is 12.2 Å². The van der Waals surface area contributed by atoms with E-state index >= 15 is 0 Å². The van der Waals surface area contributed by atoms with E-state index in [9.17, 15) is 18.0 Å². The van der Waals surface area contributed by atoms with Crippen molar-refractivity contribution in [3.63, 3.8) is 0 Å². The molecule has 0 bridgehead atoms. The van der Waals surface area contributed by atoms with Crippen molar-refractivity contribution >= 4 is 5.97 Å². The Bertz CT molecular complexity index is 765. The van der Waals surface area contributed by atoms with E-state index in [1.165, 1.54) is 0 Å². The number of nitrogens with two attached hydrogens (primary N) is 1. The summed E-state index contributed by atoms with van der Waals surface area (Å²) in [4.78, 5) is 11.6. The van der Waals surface area contributed by atoms with E-state index in [1.807, 2.05) is 48.5 Å². The highest BCUT2D eigenvalue weighted by atomic mass is 19.4. The summed E-state index contributed by atoms with van der Waals surface area (Å²) in [6.07, 6.45) is -1.60. The predicted molar refractivity (Wildman–Crippen MR) is 112 cm³/mol. The van der Waals surface area contributed by atoms with Gasteiger partial charge in [0.1, 0.15) is 12.6 Å². The van der Waals surface area contributed by atoms with Crippen LogP contribution >= 0.6 is 0 Å². The maximum absolute atomic E-state index is 12.3. The fourth-order valence-electron chi connectivity index (χ4n) is 3.20. The number of rotatable bonds is 6. The monoisotopic (exact) mass is 438 g/mol. The van der Waals surface area contributed by atoms with E-state index in [4.69, 9.17) is 15.6 Å². The first-order valence-corrected chi connectivity index (χ1v) is 10.2. The zero-order chi connectivity index (χ0) is 22.7. The van der Waals surface area contributed by atoms with Crippen molar-refractivity contribution < 1.29 is 27.8 Å². The average Bonchev–Trinajstić information content (AvgIpc) is 2.78. The molecule has 1 fully saturated rings. The van der Waals surface area contributed by atoms with Gasteiger partial charge in [0.2, 0.25) is 0 Å². The molecule has 1 aliphatic rings. The number of ether oxygens (including phenoxy) is 1. The lowest BCUT2D eigenvalue weighted by Gasteiger charge is -2.30. The number of halogens is 3. The Morgan fingerprint density at radius 2 is 1.58 bits per heavy atom. The molecule has 0 saturated heterocycles. The van der Waals surface area contributed by atoms with Crippen LogP contribution in [-0.2, 0) is 11.3 Å². The van der Waals surface area contributed by atoms with Gasteiger partial charge >= 0.3 is 12.1 Å². The molecule has 0 amide bonds. The summed E-state index contributed by atoms with van der Waals surface area (Å²) in [5.74, 6) is -0.288. The van der Waals surface area contributed by atoms with E-state index in [0.29, 0.717) is 25.0 Å². The number of nitrogens with one attached hydrogen (secondary N) is 1. The Morgan fingerprint density at radius 1 is 1.03 bits per heavy atom. The molecule has 4 N–H and O–H groups in total. The van der Waals surface area contributed by atoms with E-state index in [1.54, 1.807) is 12.1 Å². The molecule has 0 spiro atoms. The minimum absolute atomic E-state index is 0.113. The van der Waals surface area contributed by atoms with Crippen molar-refractivity contribution in [2.24, 2.45) is 5.73 Å². The minimum Gasteiger partial charge on any atom is -0.457 e. The molecule has 8 heteroatoms. The molecule has 1 atom stereocenters. The highest BCUT2D eigenvalue weighted by Crippen LogP contribution is 2.23. The molecule has 2 aromatic rings. The van der Waals surface area contributed by atoms with Crippen molar-refractivity contribution in [2.45, 2.75) is 56.6 Å². The average molecular weight is 438 g/mol. The highest BCUT2D eigenvalue weighted by Gasteiger charge is 2.40. The second-order valence-electron chi connectivity index (χ2n) is 7.48. The summed E-state index contributed by atoms with van der Waals surface area (Å²) < 4.78 is 42.1. The number of benzene rings is 2. The smallest absolute Gasteiger partial charge is 0.406 e. The van der Waals surface area contributed by atoms with Crippen LogP contribution < -0.4 is 11.1 Å². The number of aliphatic hydroxyl groups excluding tert-OH is 1. The van der Waals surface area contributed by atoms with Crippen molar-refractivity contribution in [1.29, 1.82) is 0 Å². The van der Waals surface area contributed by atoms with E-state index in [0.717, 1.165) is 18.4 Å². The van der Waals surface area contributed by atoms with Crippen LogP contribution in [0.5, 0.6) is 0 Å². The van der Waals surface area contributed by atoms with Gasteiger partial charge in [-0.1, -0.05) is 48.5 Å². The van der Waals surface area contributed by atoms with Gasteiger partial charge in [0, 0.05) is 12.1 Å². The number of esters is 1. The van der Waals surface area contributed by atoms with Gasteiger partial charge in [-0.15, -0.1) is 0 Å². The summed E-state index contributed by atoms with van der Waals surface area (Å²) in [6.45, 7) is -0.597. The Morgan fingerprint density at radius 3 is 2.10 bits per heavy atom. The Balaban J connectivity index is 0.000000221. The van der Waals surface area contributed by atoms with Crippen LogP contribution in [0.25, 0.3) is 0 Å². The highest BCUT2D eigenvalue weighted by molar-refractivity contribution is 5.89. The first-order chi connectivity index (χ1) is 14.8. The third-order valence-electron chi connectivity index (χ3n) is 5.01. The quantitative estimate of drug-likeness (QED) is 0.598. The lowest BCUT2D eigenvalue weighted by molar-refractivity contribution is -0.166. The SMILES string of the molecule is NC1CCC(N[C@H](CO)C(F)(F)F)CC1.O=C(OCc1ccccc1)c1ccccc1. The predicted octanol–water partition coefficient (Wildman–Crippen LogP) is 3.81. The first kappa shape index (κ1) is 24.8. The molecule has 2 aromatic carbocycles. The molecular weight excluding hydrogens is 409 g/mol. The topological polar surface area (TPSA) is 84.6 Å². The number of hydrogen-bond donors (Lipinski definition) is 3. The van der Waals surface area contributed by atoms with Crippen LogP contribution in [0.15, 0.2) is 60.7 Å². The fraction of sp³-hybridized carbons (Fsp3) is 0.435. The molecule has 0 heterocycles. The van der Waals surface area contributed by atoms with Crippen LogP contribution in [0, 0.1) is 0 Å². The molecule has 170 valence electrons.